The Kier molecular flexibility index (Phi) is 5.62. The standard InChI is InChI=1S/C18H20O5/c1-22-17-6-5-12(8-16(17)21)3-4-13-7-14(10-19)15(11-20)18(9-13)23-2/h3-9,19-21H,10-11H2,1-2H3. The second kappa shape index (κ2) is 7.67. The summed E-state index contributed by atoms with van der Waals surface area (Å²) in [6.45, 7) is -0.382. The summed E-state index contributed by atoms with van der Waals surface area (Å²) in [6, 6.07) is 8.67. The number of hydrogen-bond donors (Lipinski definition) is 3. The molecule has 0 spiro atoms. The number of hydrogen-bond acceptors (Lipinski definition) is 5. The molecule has 2 rings (SSSR count). The molecule has 122 valence electrons. The zero-order valence-corrected chi connectivity index (χ0v) is 13.1. The van der Waals surface area contributed by atoms with Crippen LogP contribution in [0.3, 0.4) is 0 Å². The van der Waals surface area contributed by atoms with Crippen molar-refractivity contribution >= 4 is 12.2 Å². The molecule has 0 aliphatic heterocycles. The lowest BCUT2D eigenvalue weighted by Gasteiger charge is -2.12. The second-order valence-corrected chi connectivity index (χ2v) is 4.94. The highest BCUT2D eigenvalue weighted by Crippen LogP contribution is 2.28. The van der Waals surface area contributed by atoms with E-state index in [1.165, 1.54) is 14.2 Å². The number of aliphatic hydroxyl groups excluding tert-OH is 2. The molecule has 0 heterocycles. The van der Waals surface area contributed by atoms with Crippen LogP contribution < -0.4 is 9.47 Å². The van der Waals surface area contributed by atoms with Gasteiger partial charge in [0, 0.05) is 5.56 Å². The summed E-state index contributed by atoms with van der Waals surface area (Å²) in [5.74, 6) is 1.01. The van der Waals surface area contributed by atoms with Gasteiger partial charge in [-0.05, 0) is 41.0 Å². The van der Waals surface area contributed by atoms with Crippen LogP contribution in [0.4, 0.5) is 0 Å². The summed E-state index contributed by atoms with van der Waals surface area (Å²) in [5, 5.41) is 28.6. The minimum atomic E-state index is -0.199. The van der Waals surface area contributed by atoms with E-state index in [9.17, 15) is 15.3 Å². The Bertz CT molecular complexity index is 682. The number of rotatable bonds is 6. The molecule has 2 aromatic rings. The molecule has 0 aliphatic rings. The Morgan fingerprint density at radius 2 is 1.57 bits per heavy atom. The third kappa shape index (κ3) is 3.83. The lowest BCUT2D eigenvalue weighted by atomic mass is 10.0. The van der Waals surface area contributed by atoms with Crippen LogP contribution in [-0.4, -0.2) is 29.5 Å². The van der Waals surface area contributed by atoms with E-state index >= 15 is 0 Å². The van der Waals surface area contributed by atoms with Crippen molar-refractivity contribution in [1.29, 1.82) is 0 Å². The molecule has 0 saturated heterocycles. The van der Waals surface area contributed by atoms with E-state index < -0.39 is 0 Å². The quantitative estimate of drug-likeness (QED) is 0.714. The van der Waals surface area contributed by atoms with Gasteiger partial charge in [0.05, 0.1) is 27.4 Å². The first-order valence-corrected chi connectivity index (χ1v) is 7.09. The Balaban J connectivity index is 2.34. The van der Waals surface area contributed by atoms with E-state index in [-0.39, 0.29) is 19.0 Å². The van der Waals surface area contributed by atoms with Crippen LogP contribution in [0.2, 0.25) is 0 Å². The molecule has 0 aliphatic carbocycles. The van der Waals surface area contributed by atoms with Crippen molar-refractivity contribution < 1.29 is 24.8 Å². The maximum absolute atomic E-state index is 9.78. The summed E-state index contributed by atoms with van der Waals surface area (Å²) < 4.78 is 10.3. The van der Waals surface area contributed by atoms with Crippen LogP contribution in [0.15, 0.2) is 30.3 Å². The molecule has 0 atom stereocenters. The van der Waals surface area contributed by atoms with E-state index in [0.29, 0.717) is 22.6 Å². The maximum atomic E-state index is 9.78. The average molecular weight is 316 g/mol. The summed E-state index contributed by atoms with van der Waals surface area (Å²) >= 11 is 0. The molecule has 0 amide bonds. The highest BCUT2D eigenvalue weighted by molar-refractivity contribution is 5.72. The van der Waals surface area contributed by atoms with Crippen LogP contribution in [-0.2, 0) is 13.2 Å². The molecule has 0 aromatic heterocycles. The van der Waals surface area contributed by atoms with E-state index in [0.717, 1.165) is 11.1 Å². The predicted octanol–water partition coefficient (Wildman–Crippen LogP) is 2.56. The van der Waals surface area contributed by atoms with Crippen LogP contribution in [0.5, 0.6) is 17.2 Å². The zero-order valence-electron chi connectivity index (χ0n) is 13.1. The fraction of sp³-hybridized carbons (Fsp3) is 0.222. The van der Waals surface area contributed by atoms with Crippen molar-refractivity contribution in [1.82, 2.24) is 0 Å². The molecule has 2 aromatic carbocycles. The number of aromatic hydroxyl groups is 1. The van der Waals surface area contributed by atoms with Gasteiger partial charge in [0.25, 0.3) is 0 Å². The van der Waals surface area contributed by atoms with Gasteiger partial charge >= 0.3 is 0 Å². The highest BCUT2D eigenvalue weighted by Gasteiger charge is 2.09. The Hall–Kier alpha value is -2.50. The van der Waals surface area contributed by atoms with E-state index in [1.54, 1.807) is 24.3 Å². The van der Waals surface area contributed by atoms with Crippen molar-refractivity contribution in [3.8, 4) is 17.2 Å². The number of methoxy groups -OCH3 is 2. The van der Waals surface area contributed by atoms with Gasteiger partial charge in [-0.25, -0.2) is 0 Å². The van der Waals surface area contributed by atoms with Crippen molar-refractivity contribution in [3.63, 3.8) is 0 Å². The summed E-state index contributed by atoms with van der Waals surface area (Å²) in [5.41, 5.74) is 2.82. The largest absolute Gasteiger partial charge is 0.504 e. The lowest BCUT2D eigenvalue weighted by Crippen LogP contribution is -1.99. The molecule has 0 saturated carbocycles. The van der Waals surface area contributed by atoms with Crippen LogP contribution in [0.1, 0.15) is 22.3 Å². The van der Waals surface area contributed by atoms with Gasteiger partial charge in [-0.15, -0.1) is 0 Å². The number of ether oxygens (including phenoxy) is 2. The topological polar surface area (TPSA) is 79.2 Å². The smallest absolute Gasteiger partial charge is 0.160 e. The molecule has 23 heavy (non-hydrogen) atoms. The highest BCUT2D eigenvalue weighted by atomic mass is 16.5. The molecule has 0 fully saturated rings. The fourth-order valence-corrected chi connectivity index (χ4v) is 2.33. The van der Waals surface area contributed by atoms with Gasteiger partial charge in [-0.3, -0.25) is 0 Å². The molecule has 3 N–H and O–H groups in total. The number of phenolic OH excluding ortho intramolecular Hbond substituents is 1. The summed E-state index contributed by atoms with van der Waals surface area (Å²) in [4.78, 5) is 0. The van der Waals surface area contributed by atoms with Crippen LogP contribution in [0.25, 0.3) is 12.2 Å². The zero-order chi connectivity index (χ0) is 16.8. The van der Waals surface area contributed by atoms with Gasteiger partial charge in [0.15, 0.2) is 11.5 Å². The van der Waals surface area contributed by atoms with E-state index in [4.69, 9.17) is 9.47 Å². The van der Waals surface area contributed by atoms with Gasteiger partial charge in [-0.1, -0.05) is 18.2 Å². The molecule has 0 unspecified atom stereocenters. The molecule has 5 heteroatoms. The Morgan fingerprint density at radius 1 is 0.870 bits per heavy atom. The fourth-order valence-electron chi connectivity index (χ4n) is 2.33. The van der Waals surface area contributed by atoms with Crippen molar-refractivity contribution in [3.05, 3.63) is 52.6 Å². The van der Waals surface area contributed by atoms with Gasteiger partial charge in [-0.2, -0.15) is 0 Å². The molecule has 5 nitrogen and oxygen atoms in total. The number of benzene rings is 2. The average Bonchev–Trinajstić information content (AvgIpc) is 2.58. The van der Waals surface area contributed by atoms with Crippen LogP contribution >= 0.6 is 0 Å². The first kappa shape index (κ1) is 16.9. The monoisotopic (exact) mass is 316 g/mol. The Labute approximate surface area is 135 Å². The third-order valence-corrected chi connectivity index (χ3v) is 3.54. The van der Waals surface area contributed by atoms with Gasteiger partial charge < -0.3 is 24.8 Å². The van der Waals surface area contributed by atoms with Crippen molar-refractivity contribution in [2.24, 2.45) is 0 Å². The van der Waals surface area contributed by atoms with Crippen molar-refractivity contribution in [2.75, 3.05) is 14.2 Å². The number of aliphatic hydroxyl groups is 2. The molecule has 0 radical (unpaired) electrons. The summed E-state index contributed by atoms with van der Waals surface area (Å²) in [7, 11) is 3.01. The SMILES string of the molecule is COc1ccc(C=Cc2cc(CO)c(CO)c(OC)c2)cc1O. The Morgan fingerprint density at radius 3 is 2.13 bits per heavy atom. The first-order valence-electron chi connectivity index (χ1n) is 7.09. The molecular formula is C18H20O5. The minimum absolute atomic E-state index is 0.0684. The second-order valence-electron chi connectivity index (χ2n) is 4.94. The predicted molar refractivity (Wildman–Crippen MR) is 88.4 cm³/mol. The van der Waals surface area contributed by atoms with E-state index in [1.807, 2.05) is 18.2 Å². The minimum Gasteiger partial charge on any atom is -0.504 e. The van der Waals surface area contributed by atoms with Crippen molar-refractivity contribution in [2.45, 2.75) is 13.2 Å². The molecular weight excluding hydrogens is 296 g/mol. The van der Waals surface area contributed by atoms with Gasteiger partial charge in [0.1, 0.15) is 5.75 Å². The summed E-state index contributed by atoms with van der Waals surface area (Å²) in [6.07, 6.45) is 3.66. The normalized spacial score (nSPS) is 11.0. The first-order chi connectivity index (χ1) is 11.1. The maximum Gasteiger partial charge on any atom is 0.160 e. The third-order valence-electron chi connectivity index (χ3n) is 3.54. The van der Waals surface area contributed by atoms with Gasteiger partial charge in [0.2, 0.25) is 0 Å². The van der Waals surface area contributed by atoms with E-state index in [2.05, 4.69) is 0 Å². The molecule has 0 bridgehead atoms. The lowest BCUT2D eigenvalue weighted by molar-refractivity contribution is 0.254. The number of phenols is 1. The van der Waals surface area contributed by atoms with Crippen LogP contribution in [0, 0.1) is 0 Å².